The minimum Gasteiger partial charge on any atom is -0.455 e. The summed E-state index contributed by atoms with van der Waals surface area (Å²) in [5, 5.41) is 4.80. The maximum atomic E-state index is 12.5. The van der Waals surface area contributed by atoms with E-state index in [9.17, 15) is 4.79 Å². The van der Waals surface area contributed by atoms with Crippen molar-refractivity contribution in [2.24, 2.45) is 0 Å². The molecule has 0 fully saturated rings. The lowest BCUT2D eigenvalue weighted by molar-refractivity contribution is 0.0462. The number of ether oxygens (including phenoxy) is 1. The van der Waals surface area contributed by atoms with Crippen LogP contribution in [0, 0.1) is 13.8 Å². The SMILES string of the molecule is CCc1nc2ccccc2c(C)c1C(=O)OCc1cc(C)on1. The molecule has 0 radical (unpaired) electrons. The number of esters is 1. The second kappa shape index (κ2) is 6.20. The van der Waals surface area contributed by atoms with Crippen LogP contribution in [0.4, 0.5) is 0 Å². The highest BCUT2D eigenvalue weighted by Crippen LogP contribution is 2.24. The second-order valence-corrected chi connectivity index (χ2v) is 5.43. The zero-order valence-corrected chi connectivity index (χ0v) is 13.4. The van der Waals surface area contributed by atoms with Crippen LogP contribution in [0.5, 0.6) is 0 Å². The quantitative estimate of drug-likeness (QED) is 0.686. The standard InChI is InChI=1S/C18H18N2O3/c1-4-15-17(12(3)14-7-5-6-8-16(14)19-15)18(21)22-10-13-9-11(2)23-20-13/h5-9H,4,10H2,1-3H3. The zero-order chi connectivity index (χ0) is 16.4. The van der Waals surface area contributed by atoms with Gasteiger partial charge in [0.25, 0.3) is 0 Å². The zero-order valence-electron chi connectivity index (χ0n) is 13.4. The van der Waals surface area contributed by atoms with Gasteiger partial charge in [0.1, 0.15) is 18.1 Å². The molecule has 0 aliphatic carbocycles. The molecule has 118 valence electrons. The summed E-state index contributed by atoms with van der Waals surface area (Å²) in [7, 11) is 0. The maximum Gasteiger partial charge on any atom is 0.340 e. The van der Waals surface area contributed by atoms with Crippen molar-refractivity contribution in [1.29, 1.82) is 0 Å². The number of para-hydroxylation sites is 1. The van der Waals surface area contributed by atoms with E-state index in [0.29, 0.717) is 23.4 Å². The molecular weight excluding hydrogens is 292 g/mol. The summed E-state index contributed by atoms with van der Waals surface area (Å²) in [6.07, 6.45) is 0.666. The molecule has 3 rings (SSSR count). The van der Waals surface area contributed by atoms with E-state index in [-0.39, 0.29) is 12.6 Å². The Hall–Kier alpha value is -2.69. The van der Waals surface area contributed by atoms with Gasteiger partial charge in [-0.2, -0.15) is 0 Å². The fourth-order valence-electron chi connectivity index (χ4n) is 2.67. The van der Waals surface area contributed by atoms with Crippen molar-refractivity contribution >= 4 is 16.9 Å². The van der Waals surface area contributed by atoms with Crippen LogP contribution in [-0.4, -0.2) is 16.1 Å². The highest BCUT2D eigenvalue weighted by molar-refractivity contribution is 5.98. The number of fused-ring (bicyclic) bond motifs is 1. The molecule has 0 spiro atoms. The van der Waals surface area contributed by atoms with E-state index < -0.39 is 0 Å². The molecule has 0 atom stereocenters. The number of aromatic nitrogens is 2. The molecule has 1 aromatic carbocycles. The van der Waals surface area contributed by atoms with Gasteiger partial charge in [-0.3, -0.25) is 4.98 Å². The number of pyridine rings is 1. The van der Waals surface area contributed by atoms with Gasteiger partial charge in [-0.25, -0.2) is 4.79 Å². The Bertz CT molecular complexity index is 868. The first kappa shape index (κ1) is 15.2. The first-order chi connectivity index (χ1) is 11.1. The summed E-state index contributed by atoms with van der Waals surface area (Å²) in [5.74, 6) is 0.312. The number of hydrogen-bond acceptors (Lipinski definition) is 5. The van der Waals surface area contributed by atoms with Crippen molar-refractivity contribution in [3.05, 3.63) is 58.6 Å². The van der Waals surface area contributed by atoms with E-state index in [4.69, 9.17) is 9.26 Å². The monoisotopic (exact) mass is 310 g/mol. The van der Waals surface area contributed by atoms with Crippen molar-refractivity contribution in [1.82, 2.24) is 10.1 Å². The van der Waals surface area contributed by atoms with Crippen molar-refractivity contribution in [3.63, 3.8) is 0 Å². The molecular formula is C18H18N2O3. The Balaban J connectivity index is 1.94. The molecule has 5 nitrogen and oxygen atoms in total. The molecule has 5 heteroatoms. The van der Waals surface area contributed by atoms with Crippen LogP contribution in [0.25, 0.3) is 10.9 Å². The number of hydrogen-bond donors (Lipinski definition) is 0. The minimum atomic E-state index is -0.377. The van der Waals surface area contributed by atoms with Gasteiger partial charge in [0.2, 0.25) is 0 Å². The summed E-state index contributed by atoms with van der Waals surface area (Å²) < 4.78 is 10.4. The summed E-state index contributed by atoms with van der Waals surface area (Å²) in [4.78, 5) is 17.1. The van der Waals surface area contributed by atoms with Gasteiger partial charge in [-0.1, -0.05) is 30.3 Å². The third kappa shape index (κ3) is 2.95. The van der Waals surface area contributed by atoms with Crippen molar-refractivity contribution in [2.45, 2.75) is 33.8 Å². The third-order valence-corrected chi connectivity index (χ3v) is 3.79. The molecule has 23 heavy (non-hydrogen) atoms. The summed E-state index contributed by atoms with van der Waals surface area (Å²) in [6.45, 7) is 5.80. The van der Waals surface area contributed by atoms with Crippen LogP contribution in [-0.2, 0) is 17.8 Å². The summed E-state index contributed by atoms with van der Waals surface area (Å²) >= 11 is 0. The molecule has 3 aromatic rings. The second-order valence-electron chi connectivity index (χ2n) is 5.43. The van der Waals surface area contributed by atoms with Crippen LogP contribution in [0.3, 0.4) is 0 Å². The van der Waals surface area contributed by atoms with Crippen molar-refractivity contribution < 1.29 is 14.1 Å². The normalized spacial score (nSPS) is 10.9. The van der Waals surface area contributed by atoms with E-state index in [1.54, 1.807) is 13.0 Å². The molecule has 0 amide bonds. The maximum absolute atomic E-state index is 12.5. The summed E-state index contributed by atoms with van der Waals surface area (Å²) in [5.41, 5.74) is 3.69. The first-order valence-corrected chi connectivity index (χ1v) is 7.57. The Morgan fingerprint density at radius 2 is 2.04 bits per heavy atom. The highest BCUT2D eigenvalue weighted by atomic mass is 16.5. The number of benzene rings is 1. The van der Waals surface area contributed by atoms with E-state index in [1.807, 2.05) is 38.1 Å². The largest absolute Gasteiger partial charge is 0.455 e. The molecule has 0 N–H and O–H groups in total. The average molecular weight is 310 g/mol. The highest BCUT2D eigenvalue weighted by Gasteiger charge is 2.19. The topological polar surface area (TPSA) is 65.2 Å². The number of rotatable bonds is 4. The van der Waals surface area contributed by atoms with Crippen LogP contribution in [0.2, 0.25) is 0 Å². The van der Waals surface area contributed by atoms with E-state index in [1.165, 1.54) is 0 Å². The van der Waals surface area contributed by atoms with Crippen LogP contribution < -0.4 is 0 Å². The van der Waals surface area contributed by atoms with E-state index >= 15 is 0 Å². The smallest absolute Gasteiger partial charge is 0.340 e. The molecule has 0 saturated carbocycles. The Labute approximate surface area is 134 Å². The predicted octanol–water partition coefficient (Wildman–Crippen LogP) is 3.76. The van der Waals surface area contributed by atoms with E-state index in [2.05, 4.69) is 10.1 Å². The van der Waals surface area contributed by atoms with Gasteiger partial charge < -0.3 is 9.26 Å². The van der Waals surface area contributed by atoms with Crippen LogP contribution >= 0.6 is 0 Å². The van der Waals surface area contributed by atoms with Crippen molar-refractivity contribution in [2.75, 3.05) is 0 Å². The fourth-order valence-corrected chi connectivity index (χ4v) is 2.67. The molecule has 0 aliphatic rings. The predicted molar refractivity (Wildman–Crippen MR) is 86.2 cm³/mol. The summed E-state index contributed by atoms with van der Waals surface area (Å²) in [6, 6.07) is 9.55. The van der Waals surface area contributed by atoms with Gasteiger partial charge in [0.15, 0.2) is 0 Å². The fraction of sp³-hybridized carbons (Fsp3) is 0.278. The number of nitrogens with zero attached hydrogens (tertiary/aromatic N) is 2. The van der Waals surface area contributed by atoms with E-state index in [0.717, 1.165) is 22.2 Å². The Morgan fingerprint density at radius 1 is 1.26 bits per heavy atom. The van der Waals surface area contributed by atoms with Gasteiger partial charge >= 0.3 is 5.97 Å². The number of aryl methyl sites for hydroxylation is 3. The minimum absolute atomic E-state index is 0.0889. The molecule has 2 aromatic heterocycles. The first-order valence-electron chi connectivity index (χ1n) is 7.57. The molecule has 2 heterocycles. The average Bonchev–Trinajstić information content (AvgIpc) is 2.98. The third-order valence-electron chi connectivity index (χ3n) is 3.79. The lowest BCUT2D eigenvalue weighted by atomic mass is 10.0. The van der Waals surface area contributed by atoms with Gasteiger partial charge in [-0.15, -0.1) is 0 Å². The number of carbonyl (C=O) groups excluding carboxylic acids is 1. The van der Waals surface area contributed by atoms with Crippen molar-refractivity contribution in [3.8, 4) is 0 Å². The molecule has 0 saturated heterocycles. The van der Waals surface area contributed by atoms with Gasteiger partial charge in [-0.05, 0) is 31.9 Å². The van der Waals surface area contributed by atoms with Crippen LogP contribution in [0.15, 0.2) is 34.9 Å². The lowest BCUT2D eigenvalue weighted by Gasteiger charge is -2.12. The molecule has 0 bridgehead atoms. The van der Waals surface area contributed by atoms with Gasteiger partial charge in [0, 0.05) is 11.5 Å². The molecule has 0 unspecified atom stereocenters. The Morgan fingerprint density at radius 3 is 2.74 bits per heavy atom. The molecule has 0 aliphatic heterocycles. The van der Waals surface area contributed by atoms with Gasteiger partial charge in [0.05, 0.1) is 16.8 Å². The number of carbonyl (C=O) groups is 1. The van der Waals surface area contributed by atoms with Crippen LogP contribution in [0.1, 0.15) is 40.0 Å². The lowest BCUT2D eigenvalue weighted by Crippen LogP contribution is -2.12. The Kier molecular flexibility index (Phi) is 4.10.